The van der Waals surface area contributed by atoms with Gasteiger partial charge in [0.15, 0.2) is 11.5 Å². The number of aromatic nitrogens is 3. The second-order valence-electron chi connectivity index (χ2n) is 5.13. The van der Waals surface area contributed by atoms with Crippen molar-refractivity contribution in [3.8, 4) is 11.4 Å². The lowest BCUT2D eigenvalue weighted by atomic mass is 10.2. The van der Waals surface area contributed by atoms with Crippen molar-refractivity contribution in [1.29, 1.82) is 0 Å². The molecule has 0 radical (unpaired) electrons. The summed E-state index contributed by atoms with van der Waals surface area (Å²) in [7, 11) is 0. The first-order chi connectivity index (χ1) is 10.2. The highest BCUT2D eigenvalue weighted by atomic mass is 16.4. The molecular weight excluding hydrogens is 268 g/mol. The van der Waals surface area contributed by atoms with Crippen LogP contribution in [-0.4, -0.2) is 32.1 Å². The van der Waals surface area contributed by atoms with E-state index in [1.165, 1.54) is 18.9 Å². The molecule has 2 aromatic rings. The fourth-order valence-corrected chi connectivity index (χ4v) is 2.54. The van der Waals surface area contributed by atoms with Gasteiger partial charge in [0.05, 0.1) is 0 Å². The van der Waals surface area contributed by atoms with Crippen molar-refractivity contribution in [2.45, 2.75) is 31.7 Å². The highest BCUT2D eigenvalue weighted by molar-refractivity contribution is 5.87. The SMILES string of the molecule is O=C(O)c1cc(NC2CCCC2)nc(-c2ccncc2)n1. The predicted molar refractivity (Wildman–Crippen MR) is 78.1 cm³/mol. The summed E-state index contributed by atoms with van der Waals surface area (Å²) in [5, 5.41) is 12.5. The number of carboxylic acids is 1. The Bertz CT molecular complexity index is 639. The first-order valence-corrected chi connectivity index (χ1v) is 7.02. The second kappa shape index (κ2) is 5.87. The number of aromatic carboxylic acids is 1. The van der Waals surface area contributed by atoms with E-state index in [1.54, 1.807) is 24.5 Å². The molecule has 3 rings (SSSR count). The lowest BCUT2D eigenvalue weighted by molar-refractivity contribution is 0.0690. The maximum atomic E-state index is 11.2. The van der Waals surface area contributed by atoms with Gasteiger partial charge < -0.3 is 10.4 Å². The van der Waals surface area contributed by atoms with Crippen molar-refractivity contribution >= 4 is 11.8 Å². The molecule has 2 N–H and O–H groups in total. The van der Waals surface area contributed by atoms with Crippen LogP contribution in [0.15, 0.2) is 30.6 Å². The van der Waals surface area contributed by atoms with Gasteiger partial charge in [-0.2, -0.15) is 0 Å². The number of anilines is 1. The van der Waals surface area contributed by atoms with Crippen LogP contribution in [0.4, 0.5) is 5.82 Å². The first kappa shape index (κ1) is 13.5. The summed E-state index contributed by atoms with van der Waals surface area (Å²) in [4.78, 5) is 23.7. The maximum absolute atomic E-state index is 11.2. The summed E-state index contributed by atoms with van der Waals surface area (Å²) in [6, 6.07) is 5.39. The standard InChI is InChI=1S/C15H16N4O2/c20-15(21)12-9-13(17-11-3-1-2-4-11)19-14(18-12)10-5-7-16-8-6-10/h5-9,11H,1-4H2,(H,20,21)(H,17,18,19). The van der Waals surface area contributed by atoms with Gasteiger partial charge in [-0.15, -0.1) is 0 Å². The molecule has 0 spiro atoms. The van der Waals surface area contributed by atoms with Crippen molar-refractivity contribution in [1.82, 2.24) is 15.0 Å². The Kier molecular flexibility index (Phi) is 3.77. The zero-order valence-electron chi connectivity index (χ0n) is 11.5. The zero-order chi connectivity index (χ0) is 14.7. The number of pyridine rings is 1. The van der Waals surface area contributed by atoms with E-state index in [0.717, 1.165) is 18.4 Å². The highest BCUT2D eigenvalue weighted by Crippen LogP contribution is 2.23. The van der Waals surface area contributed by atoms with Gasteiger partial charge >= 0.3 is 5.97 Å². The molecule has 0 saturated heterocycles. The molecule has 0 unspecified atom stereocenters. The van der Waals surface area contributed by atoms with Gasteiger partial charge in [0.25, 0.3) is 0 Å². The van der Waals surface area contributed by atoms with Crippen LogP contribution in [0, 0.1) is 0 Å². The fraction of sp³-hybridized carbons (Fsp3) is 0.333. The molecule has 1 saturated carbocycles. The molecule has 1 fully saturated rings. The minimum absolute atomic E-state index is 0.00249. The zero-order valence-corrected chi connectivity index (χ0v) is 11.5. The number of carboxylic acid groups (broad SMARTS) is 1. The van der Waals surface area contributed by atoms with Crippen molar-refractivity contribution in [2.24, 2.45) is 0 Å². The Morgan fingerprint density at radius 1 is 1.19 bits per heavy atom. The number of rotatable bonds is 4. The molecule has 0 aliphatic heterocycles. The molecule has 2 aromatic heterocycles. The largest absolute Gasteiger partial charge is 0.477 e. The third-order valence-electron chi connectivity index (χ3n) is 3.59. The minimum atomic E-state index is -1.05. The van der Waals surface area contributed by atoms with Crippen LogP contribution in [0.3, 0.4) is 0 Å². The third kappa shape index (κ3) is 3.16. The van der Waals surface area contributed by atoms with E-state index in [9.17, 15) is 9.90 Å². The molecular formula is C15H16N4O2. The van der Waals surface area contributed by atoms with E-state index < -0.39 is 5.97 Å². The summed E-state index contributed by atoms with van der Waals surface area (Å²) in [5.74, 6) is -0.0823. The Balaban J connectivity index is 1.95. The first-order valence-electron chi connectivity index (χ1n) is 7.02. The summed E-state index contributed by atoms with van der Waals surface area (Å²) < 4.78 is 0. The van der Waals surface area contributed by atoms with Crippen LogP contribution in [0.5, 0.6) is 0 Å². The van der Waals surface area contributed by atoms with Crippen molar-refractivity contribution in [3.05, 3.63) is 36.3 Å². The average molecular weight is 284 g/mol. The van der Waals surface area contributed by atoms with Crippen molar-refractivity contribution < 1.29 is 9.90 Å². The minimum Gasteiger partial charge on any atom is -0.477 e. The third-order valence-corrected chi connectivity index (χ3v) is 3.59. The van der Waals surface area contributed by atoms with Crippen LogP contribution in [0.2, 0.25) is 0 Å². The predicted octanol–water partition coefficient (Wildman–Crippen LogP) is 2.59. The van der Waals surface area contributed by atoms with E-state index in [0.29, 0.717) is 17.7 Å². The fourth-order valence-electron chi connectivity index (χ4n) is 2.54. The molecule has 0 amide bonds. The molecule has 6 nitrogen and oxygen atoms in total. The number of nitrogens with zero attached hydrogens (tertiary/aromatic N) is 3. The summed E-state index contributed by atoms with van der Waals surface area (Å²) in [6.07, 6.45) is 7.86. The molecule has 6 heteroatoms. The topological polar surface area (TPSA) is 88.0 Å². The second-order valence-corrected chi connectivity index (χ2v) is 5.13. The molecule has 108 valence electrons. The van der Waals surface area contributed by atoms with E-state index >= 15 is 0 Å². The van der Waals surface area contributed by atoms with E-state index in [4.69, 9.17) is 0 Å². The number of nitrogens with one attached hydrogen (secondary N) is 1. The maximum Gasteiger partial charge on any atom is 0.354 e. The Labute approximate surface area is 122 Å². The van der Waals surface area contributed by atoms with Gasteiger partial charge in [0.1, 0.15) is 5.82 Å². The van der Waals surface area contributed by atoms with Gasteiger partial charge in [0, 0.05) is 30.1 Å². The van der Waals surface area contributed by atoms with Gasteiger partial charge in [0.2, 0.25) is 0 Å². The lowest BCUT2D eigenvalue weighted by Gasteiger charge is -2.13. The van der Waals surface area contributed by atoms with Crippen LogP contribution < -0.4 is 5.32 Å². The molecule has 2 heterocycles. The number of carbonyl (C=O) groups is 1. The quantitative estimate of drug-likeness (QED) is 0.897. The summed E-state index contributed by atoms with van der Waals surface area (Å²) in [5.41, 5.74) is 0.750. The number of hydrogen-bond acceptors (Lipinski definition) is 5. The Morgan fingerprint density at radius 2 is 1.90 bits per heavy atom. The number of hydrogen-bond donors (Lipinski definition) is 2. The monoisotopic (exact) mass is 284 g/mol. The smallest absolute Gasteiger partial charge is 0.354 e. The van der Waals surface area contributed by atoms with Gasteiger partial charge in [-0.05, 0) is 25.0 Å². The average Bonchev–Trinajstić information content (AvgIpc) is 3.01. The molecule has 0 aromatic carbocycles. The van der Waals surface area contributed by atoms with Crippen molar-refractivity contribution in [3.63, 3.8) is 0 Å². The van der Waals surface area contributed by atoms with Gasteiger partial charge in [-0.3, -0.25) is 4.98 Å². The normalized spacial score (nSPS) is 15.0. The molecule has 0 atom stereocenters. The summed E-state index contributed by atoms with van der Waals surface area (Å²) in [6.45, 7) is 0. The molecule has 21 heavy (non-hydrogen) atoms. The van der Waals surface area contributed by atoms with Gasteiger partial charge in [-0.1, -0.05) is 12.8 Å². The Hall–Kier alpha value is -2.50. The highest BCUT2D eigenvalue weighted by Gasteiger charge is 2.17. The molecule has 1 aliphatic carbocycles. The van der Waals surface area contributed by atoms with E-state index in [2.05, 4.69) is 20.3 Å². The van der Waals surface area contributed by atoms with Crippen LogP contribution in [-0.2, 0) is 0 Å². The molecule has 0 bridgehead atoms. The van der Waals surface area contributed by atoms with Crippen LogP contribution in [0.25, 0.3) is 11.4 Å². The lowest BCUT2D eigenvalue weighted by Crippen LogP contribution is -2.17. The van der Waals surface area contributed by atoms with Crippen molar-refractivity contribution in [2.75, 3.05) is 5.32 Å². The van der Waals surface area contributed by atoms with Crippen LogP contribution >= 0.6 is 0 Å². The van der Waals surface area contributed by atoms with Crippen LogP contribution in [0.1, 0.15) is 36.2 Å². The van der Waals surface area contributed by atoms with E-state index in [1.807, 2.05) is 0 Å². The van der Waals surface area contributed by atoms with E-state index in [-0.39, 0.29) is 5.69 Å². The summed E-state index contributed by atoms with van der Waals surface area (Å²) >= 11 is 0. The Morgan fingerprint density at radius 3 is 2.57 bits per heavy atom. The van der Waals surface area contributed by atoms with Gasteiger partial charge in [-0.25, -0.2) is 14.8 Å². The molecule has 1 aliphatic rings.